The predicted molar refractivity (Wildman–Crippen MR) is 90.8 cm³/mol. The van der Waals surface area contributed by atoms with Gasteiger partial charge in [-0.3, -0.25) is 0 Å². The van der Waals surface area contributed by atoms with Crippen molar-refractivity contribution in [2.45, 2.75) is 19.8 Å². The van der Waals surface area contributed by atoms with E-state index in [2.05, 4.69) is 42.8 Å². The van der Waals surface area contributed by atoms with Gasteiger partial charge < -0.3 is 16.0 Å². The number of aromatic nitrogens is 4. The molecular weight excluding hydrogens is 304 g/mol. The van der Waals surface area contributed by atoms with Crippen LogP contribution in [0.5, 0.6) is 0 Å². The van der Waals surface area contributed by atoms with Crippen molar-refractivity contribution in [3.63, 3.8) is 0 Å². The van der Waals surface area contributed by atoms with Gasteiger partial charge in [-0.1, -0.05) is 6.92 Å². The molecule has 0 unspecified atom stereocenters. The van der Waals surface area contributed by atoms with Gasteiger partial charge in [0, 0.05) is 12.6 Å². The highest BCUT2D eigenvalue weighted by Crippen LogP contribution is 2.28. The van der Waals surface area contributed by atoms with Crippen LogP contribution in [-0.2, 0) is 0 Å². The van der Waals surface area contributed by atoms with Crippen LogP contribution in [0.4, 0.5) is 17.5 Å². The van der Waals surface area contributed by atoms with Gasteiger partial charge in [0.2, 0.25) is 0 Å². The van der Waals surface area contributed by atoms with Crippen LogP contribution in [0.15, 0.2) is 24.8 Å². The Morgan fingerprint density at radius 2 is 1.92 bits per heavy atom. The first-order valence-electron chi connectivity index (χ1n) is 7.93. The summed E-state index contributed by atoms with van der Waals surface area (Å²) in [5.41, 5.74) is 0.559. The normalized spacial score (nSPS) is 16.2. The molecule has 2 aromatic rings. The molecule has 0 saturated carbocycles. The van der Waals surface area contributed by atoms with Gasteiger partial charge in [0.25, 0.3) is 0 Å². The SMILES string of the molecule is CC1(CNc2cc(Nc3cnc(C#N)cn3)ncn2)CCNCC1. The van der Waals surface area contributed by atoms with Gasteiger partial charge in [-0.05, 0) is 31.3 Å². The fourth-order valence-electron chi connectivity index (χ4n) is 2.61. The molecule has 1 fully saturated rings. The summed E-state index contributed by atoms with van der Waals surface area (Å²) in [4.78, 5) is 16.5. The Morgan fingerprint density at radius 3 is 2.62 bits per heavy atom. The third-order valence-corrected chi connectivity index (χ3v) is 4.20. The lowest BCUT2D eigenvalue weighted by atomic mass is 9.81. The number of piperidine rings is 1. The van der Waals surface area contributed by atoms with E-state index in [4.69, 9.17) is 5.26 Å². The highest BCUT2D eigenvalue weighted by molar-refractivity contribution is 5.55. The molecule has 124 valence electrons. The van der Waals surface area contributed by atoms with Crippen LogP contribution in [0.1, 0.15) is 25.5 Å². The molecule has 2 aromatic heterocycles. The maximum absolute atomic E-state index is 8.74. The number of nitrogens with zero attached hydrogens (tertiary/aromatic N) is 5. The molecule has 1 aliphatic heterocycles. The van der Waals surface area contributed by atoms with E-state index in [9.17, 15) is 0 Å². The van der Waals surface area contributed by atoms with Gasteiger partial charge in [0.05, 0.1) is 12.4 Å². The van der Waals surface area contributed by atoms with Crippen molar-refractivity contribution in [1.82, 2.24) is 25.3 Å². The molecule has 1 aliphatic rings. The lowest BCUT2D eigenvalue weighted by Crippen LogP contribution is -2.39. The molecule has 3 N–H and O–H groups in total. The second-order valence-electron chi connectivity index (χ2n) is 6.23. The molecule has 0 aliphatic carbocycles. The monoisotopic (exact) mass is 324 g/mol. The van der Waals surface area contributed by atoms with E-state index in [1.165, 1.54) is 18.7 Å². The first kappa shape index (κ1) is 16.1. The van der Waals surface area contributed by atoms with Crippen molar-refractivity contribution in [2.75, 3.05) is 30.3 Å². The van der Waals surface area contributed by atoms with Gasteiger partial charge in [0.15, 0.2) is 5.69 Å². The van der Waals surface area contributed by atoms with Gasteiger partial charge >= 0.3 is 0 Å². The first-order valence-corrected chi connectivity index (χ1v) is 7.93. The van der Waals surface area contributed by atoms with Crippen LogP contribution >= 0.6 is 0 Å². The lowest BCUT2D eigenvalue weighted by molar-refractivity contribution is 0.247. The highest BCUT2D eigenvalue weighted by atomic mass is 15.1. The minimum atomic E-state index is 0.279. The molecule has 0 bridgehead atoms. The summed E-state index contributed by atoms with van der Waals surface area (Å²) in [6.45, 7) is 5.30. The quantitative estimate of drug-likeness (QED) is 0.762. The third-order valence-electron chi connectivity index (χ3n) is 4.20. The van der Waals surface area contributed by atoms with Gasteiger partial charge in [-0.25, -0.2) is 19.9 Å². The third kappa shape index (κ3) is 4.14. The molecule has 0 atom stereocenters. The highest BCUT2D eigenvalue weighted by Gasteiger charge is 2.26. The van der Waals surface area contributed by atoms with Crippen LogP contribution < -0.4 is 16.0 Å². The van der Waals surface area contributed by atoms with Gasteiger partial charge in [-0.15, -0.1) is 0 Å². The molecule has 0 amide bonds. The number of hydrogen-bond donors (Lipinski definition) is 3. The summed E-state index contributed by atoms with van der Waals surface area (Å²) in [7, 11) is 0. The minimum Gasteiger partial charge on any atom is -0.369 e. The molecule has 1 saturated heterocycles. The number of hydrogen-bond acceptors (Lipinski definition) is 8. The molecule has 8 heteroatoms. The van der Waals surface area contributed by atoms with E-state index in [-0.39, 0.29) is 11.1 Å². The number of nitriles is 1. The summed E-state index contributed by atoms with van der Waals surface area (Å²) < 4.78 is 0. The summed E-state index contributed by atoms with van der Waals surface area (Å²) in [6, 6.07) is 3.77. The first-order chi connectivity index (χ1) is 11.7. The van der Waals surface area contributed by atoms with Crippen LogP contribution in [-0.4, -0.2) is 39.6 Å². The fraction of sp³-hybridized carbons (Fsp3) is 0.438. The van der Waals surface area contributed by atoms with E-state index >= 15 is 0 Å². The average molecular weight is 324 g/mol. The van der Waals surface area contributed by atoms with Crippen LogP contribution in [0.25, 0.3) is 0 Å². The molecule has 3 heterocycles. The van der Waals surface area contributed by atoms with E-state index in [0.717, 1.165) is 38.3 Å². The molecule has 0 spiro atoms. The summed E-state index contributed by atoms with van der Waals surface area (Å²) in [6.07, 6.45) is 6.73. The molecule has 8 nitrogen and oxygen atoms in total. The summed E-state index contributed by atoms with van der Waals surface area (Å²) >= 11 is 0. The number of nitrogens with one attached hydrogen (secondary N) is 3. The van der Waals surface area contributed by atoms with E-state index in [1.807, 2.05) is 12.1 Å². The Bertz CT molecular complexity index is 716. The van der Waals surface area contributed by atoms with Crippen LogP contribution in [0, 0.1) is 16.7 Å². The minimum absolute atomic E-state index is 0.279. The Balaban J connectivity index is 1.62. The maximum Gasteiger partial charge on any atom is 0.158 e. The average Bonchev–Trinajstić information content (AvgIpc) is 2.62. The Labute approximate surface area is 140 Å². The summed E-state index contributed by atoms with van der Waals surface area (Å²) in [5, 5.41) is 18.6. The van der Waals surface area contributed by atoms with Gasteiger partial charge in [-0.2, -0.15) is 5.26 Å². The molecular formula is C16H20N8. The fourth-order valence-corrected chi connectivity index (χ4v) is 2.61. The second kappa shape index (κ2) is 7.19. The van der Waals surface area contributed by atoms with E-state index in [0.29, 0.717) is 11.6 Å². The van der Waals surface area contributed by atoms with Crippen molar-refractivity contribution in [3.8, 4) is 6.07 Å². The topological polar surface area (TPSA) is 111 Å². The lowest BCUT2D eigenvalue weighted by Gasteiger charge is -2.34. The van der Waals surface area contributed by atoms with E-state index in [1.54, 1.807) is 0 Å². The largest absolute Gasteiger partial charge is 0.369 e. The zero-order chi connectivity index (χ0) is 16.8. The van der Waals surface area contributed by atoms with Crippen LogP contribution in [0.3, 0.4) is 0 Å². The standard InChI is InChI=1S/C16H20N8/c1-16(2-4-18-5-3-16)10-21-13-6-14(23-11-22-13)24-15-9-19-12(7-17)8-20-15/h6,8-9,11,18H,2-5,10H2,1H3,(H2,20,21,22,23,24). The van der Waals surface area contributed by atoms with Gasteiger partial charge in [0.1, 0.15) is 29.9 Å². The smallest absolute Gasteiger partial charge is 0.158 e. The number of anilines is 3. The zero-order valence-electron chi connectivity index (χ0n) is 13.6. The van der Waals surface area contributed by atoms with E-state index < -0.39 is 0 Å². The molecule has 0 radical (unpaired) electrons. The van der Waals surface area contributed by atoms with Crippen molar-refractivity contribution in [3.05, 3.63) is 30.5 Å². The Kier molecular flexibility index (Phi) is 4.82. The maximum atomic E-state index is 8.74. The van der Waals surface area contributed by atoms with Crippen molar-refractivity contribution in [1.29, 1.82) is 5.26 Å². The predicted octanol–water partition coefficient (Wildman–Crippen LogP) is 1.68. The van der Waals surface area contributed by atoms with Crippen molar-refractivity contribution >= 4 is 17.5 Å². The van der Waals surface area contributed by atoms with Crippen molar-refractivity contribution < 1.29 is 0 Å². The molecule has 0 aromatic carbocycles. The molecule has 3 rings (SSSR count). The second-order valence-corrected chi connectivity index (χ2v) is 6.23. The zero-order valence-corrected chi connectivity index (χ0v) is 13.6. The number of rotatable bonds is 5. The Morgan fingerprint density at radius 1 is 1.12 bits per heavy atom. The van der Waals surface area contributed by atoms with Crippen LogP contribution in [0.2, 0.25) is 0 Å². The summed E-state index contributed by atoms with van der Waals surface area (Å²) in [5.74, 6) is 1.93. The van der Waals surface area contributed by atoms with Crippen molar-refractivity contribution in [2.24, 2.45) is 5.41 Å². The molecule has 24 heavy (non-hydrogen) atoms. The Hall–Kier alpha value is -2.79.